The predicted octanol–water partition coefficient (Wildman–Crippen LogP) is 4.98. The highest BCUT2D eigenvalue weighted by molar-refractivity contribution is 9.11. The van der Waals surface area contributed by atoms with Crippen molar-refractivity contribution in [3.63, 3.8) is 0 Å². The second-order valence-corrected chi connectivity index (χ2v) is 7.75. The van der Waals surface area contributed by atoms with E-state index < -0.39 is 5.97 Å². The van der Waals surface area contributed by atoms with Crippen molar-refractivity contribution >= 4 is 45.2 Å². The summed E-state index contributed by atoms with van der Waals surface area (Å²) in [6.45, 7) is 4.28. The lowest BCUT2D eigenvalue weighted by Gasteiger charge is -2.05. The number of thiophene rings is 1. The summed E-state index contributed by atoms with van der Waals surface area (Å²) in [5.41, 5.74) is 2.39. The quantitative estimate of drug-likeness (QED) is 0.560. The molecule has 0 saturated carbocycles. The Labute approximate surface area is 141 Å². The first-order valence-corrected chi connectivity index (χ1v) is 8.52. The molecule has 0 aliphatic carbocycles. The average molecular weight is 376 g/mol. The summed E-state index contributed by atoms with van der Waals surface area (Å²) in [4.78, 5) is 17.2. The molecule has 1 aromatic heterocycles. The highest BCUT2D eigenvalue weighted by Crippen LogP contribution is 2.26. The number of hydrogen-bond donors (Lipinski definition) is 0. The molecule has 0 atom stereocenters. The van der Waals surface area contributed by atoms with Gasteiger partial charge in [-0.3, -0.25) is 0 Å². The van der Waals surface area contributed by atoms with Crippen molar-refractivity contribution in [1.82, 2.24) is 0 Å². The van der Waals surface area contributed by atoms with Crippen LogP contribution < -0.4 is 0 Å². The van der Waals surface area contributed by atoms with Gasteiger partial charge in [0.2, 0.25) is 5.90 Å². The first-order valence-electron chi connectivity index (χ1n) is 6.91. The number of carbonyl (C=O) groups excluding carboxylic acids is 1. The van der Waals surface area contributed by atoms with Crippen molar-refractivity contribution < 1.29 is 9.53 Å². The molecule has 2 heterocycles. The maximum Gasteiger partial charge on any atom is 0.363 e. The first-order chi connectivity index (χ1) is 10.5. The normalized spacial score (nSPS) is 16.3. The van der Waals surface area contributed by atoms with Gasteiger partial charge < -0.3 is 4.74 Å². The molecule has 5 heteroatoms. The Morgan fingerprint density at radius 1 is 1.18 bits per heavy atom. The number of halogens is 1. The zero-order chi connectivity index (χ0) is 15.7. The van der Waals surface area contributed by atoms with E-state index in [9.17, 15) is 4.79 Å². The van der Waals surface area contributed by atoms with Crippen LogP contribution in [0, 0.1) is 0 Å². The van der Waals surface area contributed by atoms with Gasteiger partial charge in [-0.1, -0.05) is 26.0 Å². The number of nitrogens with zero attached hydrogens (tertiary/aromatic N) is 1. The number of cyclic esters (lactones) is 1. The number of rotatable bonds is 3. The summed E-state index contributed by atoms with van der Waals surface area (Å²) in [5.74, 6) is 0.421. The van der Waals surface area contributed by atoms with Crippen LogP contribution in [0.2, 0.25) is 0 Å². The van der Waals surface area contributed by atoms with E-state index in [0.29, 0.717) is 17.5 Å². The fourth-order valence-corrected chi connectivity index (χ4v) is 3.44. The van der Waals surface area contributed by atoms with Crippen LogP contribution in [0.5, 0.6) is 0 Å². The Kier molecular flexibility index (Phi) is 4.27. The van der Waals surface area contributed by atoms with Gasteiger partial charge in [0, 0.05) is 10.4 Å². The van der Waals surface area contributed by atoms with Gasteiger partial charge in [0.05, 0.1) is 3.79 Å². The van der Waals surface area contributed by atoms with Crippen LogP contribution in [0.1, 0.15) is 35.8 Å². The third kappa shape index (κ3) is 3.20. The maximum absolute atomic E-state index is 11.9. The smallest absolute Gasteiger partial charge is 0.363 e. The molecule has 2 aromatic rings. The molecular weight excluding hydrogens is 362 g/mol. The maximum atomic E-state index is 11.9. The van der Waals surface area contributed by atoms with E-state index in [0.717, 1.165) is 14.2 Å². The van der Waals surface area contributed by atoms with E-state index in [1.54, 1.807) is 17.4 Å². The zero-order valence-corrected chi connectivity index (χ0v) is 14.6. The number of ether oxygens (including phenoxy) is 1. The van der Waals surface area contributed by atoms with Crippen molar-refractivity contribution in [2.75, 3.05) is 0 Å². The lowest BCUT2D eigenvalue weighted by molar-refractivity contribution is -0.129. The van der Waals surface area contributed by atoms with Gasteiger partial charge in [-0.05, 0) is 57.8 Å². The minimum Gasteiger partial charge on any atom is -0.402 e. The zero-order valence-electron chi connectivity index (χ0n) is 12.2. The van der Waals surface area contributed by atoms with E-state index in [1.165, 1.54) is 5.56 Å². The highest BCUT2D eigenvalue weighted by atomic mass is 79.9. The van der Waals surface area contributed by atoms with Crippen LogP contribution in [0.25, 0.3) is 6.08 Å². The Bertz CT molecular complexity index is 772. The molecule has 1 aliphatic heterocycles. The van der Waals surface area contributed by atoms with E-state index in [2.05, 4.69) is 34.8 Å². The fraction of sp³-hybridized carbons (Fsp3) is 0.176. The lowest BCUT2D eigenvalue weighted by atomic mass is 10.0. The first kappa shape index (κ1) is 15.2. The Morgan fingerprint density at radius 2 is 1.91 bits per heavy atom. The van der Waals surface area contributed by atoms with Crippen molar-refractivity contribution in [2.45, 2.75) is 19.8 Å². The van der Waals surface area contributed by atoms with Crippen molar-refractivity contribution in [3.8, 4) is 0 Å². The predicted molar refractivity (Wildman–Crippen MR) is 93.2 cm³/mol. The van der Waals surface area contributed by atoms with Gasteiger partial charge in [0.25, 0.3) is 0 Å². The number of esters is 1. The minimum absolute atomic E-state index is 0.331. The standard InChI is InChI=1S/C17H14BrNO2S/c1-10(2)11-3-5-12(6-4-11)16-19-14(17(20)21-16)9-13-7-8-15(18)22-13/h3-10H,1-2H3. The van der Waals surface area contributed by atoms with E-state index in [1.807, 2.05) is 36.4 Å². The third-order valence-corrected chi connectivity index (χ3v) is 4.89. The molecule has 0 spiro atoms. The average Bonchev–Trinajstić information content (AvgIpc) is 3.06. The largest absolute Gasteiger partial charge is 0.402 e. The second kappa shape index (κ2) is 6.18. The van der Waals surface area contributed by atoms with Crippen LogP contribution in [-0.2, 0) is 9.53 Å². The third-order valence-electron chi connectivity index (χ3n) is 3.32. The lowest BCUT2D eigenvalue weighted by Crippen LogP contribution is -2.05. The van der Waals surface area contributed by atoms with E-state index in [4.69, 9.17) is 4.74 Å². The van der Waals surface area contributed by atoms with Gasteiger partial charge in [-0.2, -0.15) is 0 Å². The number of hydrogen-bond acceptors (Lipinski definition) is 4. The van der Waals surface area contributed by atoms with Crippen LogP contribution in [0.3, 0.4) is 0 Å². The van der Waals surface area contributed by atoms with Crippen LogP contribution >= 0.6 is 27.3 Å². The number of aliphatic imine (C=N–C) groups is 1. The fourth-order valence-electron chi connectivity index (χ4n) is 2.08. The summed E-state index contributed by atoms with van der Waals surface area (Å²) >= 11 is 4.94. The molecule has 0 N–H and O–H groups in total. The minimum atomic E-state index is -0.410. The van der Waals surface area contributed by atoms with Gasteiger partial charge >= 0.3 is 5.97 Å². The Morgan fingerprint density at radius 3 is 2.50 bits per heavy atom. The van der Waals surface area contributed by atoms with Gasteiger partial charge in [-0.25, -0.2) is 9.79 Å². The number of benzene rings is 1. The van der Waals surface area contributed by atoms with Crippen molar-refractivity contribution in [2.24, 2.45) is 4.99 Å². The second-order valence-electron chi connectivity index (χ2n) is 5.25. The molecule has 0 radical (unpaired) electrons. The SMILES string of the molecule is CC(C)c1ccc(C2=NC(=Cc3ccc(Br)s3)C(=O)O2)cc1. The van der Waals surface area contributed by atoms with Crippen LogP contribution in [0.4, 0.5) is 0 Å². The molecule has 0 unspecified atom stereocenters. The molecular formula is C17H14BrNO2S. The molecule has 3 rings (SSSR count). The molecule has 1 aliphatic rings. The highest BCUT2D eigenvalue weighted by Gasteiger charge is 2.24. The molecule has 22 heavy (non-hydrogen) atoms. The van der Waals surface area contributed by atoms with Gasteiger partial charge in [-0.15, -0.1) is 11.3 Å². The summed E-state index contributed by atoms with van der Waals surface area (Å²) < 4.78 is 6.29. The Balaban J connectivity index is 1.87. The van der Waals surface area contributed by atoms with Crippen LogP contribution in [-0.4, -0.2) is 11.9 Å². The summed E-state index contributed by atoms with van der Waals surface area (Å²) in [6, 6.07) is 11.8. The Hall–Kier alpha value is -1.72. The monoisotopic (exact) mass is 375 g/mol. The van der Waals surface area contributed by atoms with Gasteiger partial charge in [0.15, 0.2) is 5.70 Å². The molecule has 112 valence electrons. The summed E-state index contributed by atoms with van der Waals surface area (Å²) in [6.07, 6.45) is 1.74. The molecule has 0 amide bonds. The molecule has 3 nitrogen and oxygen atoms in total. The molecule has 0 bridgehead atoms. The van der Waals surface area contributed by atoms with E-state index in [-0.39, 0.29) is 0 Å². The topological polar surface area (TPSA) is 38.7 Å². The van der Waals surface area contributed by atoms with Crippen molar-refractivity contribution in [3.05, 3.63) is 61.9 Å². The van der Waals surface area contributed by atoms with Crippen LogP contribution in [0.15, 0.2) is 50.9 Å². The summed E-state index contributed by atoms with van der Waals surface area (Å²) in [5, 5.41) is 0. The van der Waals surface area contributed by atoms with Crippen molar-refractivity contribution in [1.29, 1.82) is 0 Å². The molecule has 1 aromatic carbocycles. The van der Waals surface area contributed by atoms with Gasteiger partial charge in [0.1, 0.15) is 0 Å². The summed E-state index contributed by atoms with van der Waals surface area (Å²) in [7, 11) is 0. The number of carbonyl (C=O) groups is 1. The van der Waals surface area contributed by atoms with E-state index >= 15 is 0 Å². The molecule has 0 saturated heterocycles. The molecule has 0 fully saturated rings.